The van der Waals surface area contributed by atoms with Crippen molar-refractivity contribution in [2.24, 2.45) is 13.0 Å². The Morgan fingerprint density at radius 1 is 1.40 bits per heavy atom. The molecule has 25 heavy (non-hydrogen) atoms. The second kappa shape index (κ2) is 7.60. The number of amides is 1. The van der Waals surface area contributed by atoms with Gasteiger partial charge in [-0.05, 0) is 38.4 Å². The van der Waals surface area contributed by atoms with E-state index in [9.17, 15) is 4.79 Å². The van der Waals surface area contributed by atoms with Gasteiger partial charge in [0.2, 0.25) is 5.88 Å². The van der Waals surface area contributed by atoms with E-state index in [4.69, 9.17) is 4.74 Å². The minimum Gasteiger partial charge on any atom is -0.480 e. The lowest BCUT2D eigenvalue weighted by Crippen LogP contribution is -2.42. The van der Waals surface area contributed by atoms with Gasteiger partial charge in [-0.1, -0.05) is 0 Å². The number of likely N-dealkylation sites (tertiary alicyclic amines) is 1. The van der Waals surface area contributed by atoms with Gasteiger partial charge in [0.1, 0.15) is 5.69 Å². The number of carbonyl (C=O) groups is 1. The molecule has 1 amide bonds. The molecule has 134 valence electrons. The van der Waals surface area contributed by atoms with Crippen molar-refractivity contribution in [3.8, 4) is 5.88 Å². The maximum absolute atomic E-state index is 12.4. The molecule has 0 radical (unpaired) electrons. The summed E-state index contributed by atoms with van der Waals surface area (Å²) in [6.45, 7) is 1.62. The molecule has 1 aliphatic rings. The van der Waals surface area contributed by atoms with Crippen LogP contribution in [0.3, 0.4) is 0 Å². The van der Waals surface area contributed by atoms with Crippen LogP contribution in [0.5, 0.6) is 5.88 Å². The molecular weight excluding hydrogens is 320 g/mol. The Labute approximate surface area is 147 Å². The minimum absolute atomic E-state index is 0.233. The molecule has 3 heterocycles. The van der Waals surface area contributed by atoms with Gasteiger partial charge in [-0.25, -0.2) is 4.98 Å². The molecule has 0 spiro atoms. The van der Waals surface area contributed by atoms with Crippen molar-refractivity contribution in [1.29, 1.82) is 0 Å². The number of methoxy groups -OCH3 is 1. The van der Waals surface area contributed by atoms with E-state index in [1.54, 1.807) is 0 Å². The molecule has 1 saturated heterocycles. The summed E-state index contributed by atoms with van der Waals surface area (Å²) in [7, 11) is 5.58. The third kappa shape index (κ3) is 3.79. The quantitative estimate of drug-likeness (QED) is 0.872. The Kier molecular flexibility index (Phi) is 5.28. The van der Waals surface area contributed by atoms with Crippen LogP contribution in [0.2, 0.25) is 0 Å². The van der Waals surface area contributed by atoms with Gasteiger partial charge in [-0.15, -0.1) is 0 Å². The van der Waals surface area contributed by atoms with E-state index < -0.39 is 0 Å². The standard InChI is InChI=1S/C17H24N6O2/c1-22-8-4-5-12(16(22)14-6-7-20-23(14)2)9-19-17(24)13-10-18-11-15(21-13)25-3/h6-7,10-12,16H,4-5,8-9H2,1-3H3,(H,19,24)/t12-,16+/m0/s1. The molecule has 0 bridgehead atoms. The molecule has 0 unspecified atom stereocenters. The zero-order valence-corrected chi connectivity index (χ0v) is 14.8. The van der Waals surface area contributed by atoms with Gasteiger partial charge in [-0.2, -0.15) is 5.10 Å². The average molecular weight is 344 g/mol. The summed E-state index contributed by atoms with van der Waals surface area (Å²) in [5.74, 6) is 0.415. The molecule has 0 aromatic carbocycles. The van der Waals surface area contributed by atoms with Gasteiger partial charge in [0.25, 0.3) is 5.91 Å². The van der Waals surface area contributed by atoms with E-state index in [0.717, 1.165) is 19.4 Å². The first-order valence-electron chi connectivity index (χ1n) is 8.42. The Balaban J connectivity index is 1.69. The van der Waals surface area contributed by atoms with Gasteiger partial charge in [0.05, 0.1) is 31.2 Å². The number of ether oxygens (including phenoxy) is 1. The minimum atomic E-state index is -0.233. The first kappa shape index (κ1) is 17.3. The molecule has 8 nitrogen and oxygen atoms in total. The summed E-state index contributed by atoms with van der Waals surface area (Å²) in [4.78, 5) is 22.8. The highest BCUT2D eigenvalue weighted by molar-refractivity contribution is 5.92. The molecule has 1 fully saturated rings. The van der Waals surface area contributed by atoms with Crippen molar-refractivity contribution in [2.75, 3.05) is 27.2 Å². The monoisotopic (exact) mass is 344 g/mol. The van der Waals surface area contributed by atoms with Crippen LogP contribution in [0.1, 0.15) is 35.1 Å². The number of aromatic nitrogens is 4. The molecule has 2 atom stereocenters. The molecule has 1 aliphatic heterocycles. The molecule has 8 heteroatoms. The van der Waals surface area contributed by atoms with Crippen molar-refractivity contribution in [3.05, 3.63) is 36.0 Å². The Bertz CT molecular complexity index is 731. The molecular formula is C17H24N6O2. The third-order valence-electron chi connectivity index (χ3n) is 4.75. The third-order valence-corrected chi connectivity index (χ3v) is 4.75. The van der Waals surface area contributed by atoms with Crippen molar-refractivity contribution in [2.45, 2.75) is 18.9 Å². The fourth-order valence-electron chi connectivity index (χ4n) is 3.49. The number of hydrogen-bond acceptors (Lipinski definition) is 6. The Morgan fingerprint density at radius 2 is 2.24 bits per heavy atom. The predicted molar refractivity (Wildman–Crippen MR) is 92.2 cm³/mol. The SMILES string of the molecule is COc1cncc(C(=O)NC[C@@H]2CCCN(C)[C@H]2c2ccnn2C)n1. The van der Waals surface area contributed by atoms with Crippen molar-refractivity contribution in [1.82, 2.24) is 30.0 Å². The lowest BCUT2D eigenvalue weighted by atomic mass is 9.87. The van der Waals surface area contributed by atoms with Crippen molar-refractivity contribution in [3.63, 3.8) is 0 Å². The molecule has 2 aromatic rings. The molecule has 1 N–H and O–H groups in total. The number of rotatable bonds is 5. The van der Waals surface area contributed by atoms with E-state index in [1.165, 1.54) is 25.2 Å². The highest BCUT2D eigenvalue weighted by atomic mass is 16.5. The molecule has 0 saturated carbocycles. The van der Waals surface area contributed by atoms with Gasteiger partial charge < -0.3 is 10.1 Å². The second-order valence-corrected chi connectivity index (χ2v) is 6.36. The zero-order chi connectivity index (χ0) is 17.8. The largest absolute Gasteiger partial charge is 0.480 e. The van der Waals surface area contributed by atoms with E-state index in [-0.39, 0.29) is 17.6 Å². The maximum Gasteiger partial charge on any atom is 0.271 e. The number of nitrogens with zero attached hydrogens (tertiary/aromatic N) is 5. The topological polar surface area (TPSA) is 85.2 Å². The van der Waals surface area contributed by atoms with Crippen LogP contribution < -0.4 is 10.1 Å². The predicted octanol–water partition coefficient (Wildman–Crippen LogP) is 1.03. The summed E-state index contributed by atoms with van der Waals surface area (Å²) in [5.41, 5.74) is 1.43. The summed E-state index contributed by atoms with van der Waals surface area (Å²) < 4.78 is 6.93. The molecule has 2 aromatic heterocycles. The number of hydrogen-bond donors (Lipinski definition) is 1. The van der Waals surface area contributed by atoms with Crippen LogP contribution in [-0.2, 0) is 7.05 Å². The van der Waals surface area contributed by atoms with Crippen LogP contribution in [0.15, 0.2) is 24.7 Å². The smallest absolute Gasteiger partial charge is 0.271 e. The first-order valence-corrected chi connectivity index (χ1v) is 8.42. The fraction of sp³-hybridized carbons (Fsp3) is 0.529. The Morgan fingerprint density at radius 3 is 2.96 bits per heavy atom. The van der Waals surface area contributed by atoms with Gasteiger partial charge >= 0.3 is 0 Å². The fourth-order valence-corrected chi connectivity index (χ4v) is 3.49. The van der Waals surface area contributed by atoms with E-state index in [2.05, 4.69) is 38.4 Å². The van der Waals surface area contributed by atoms with Gasteiger partial charge in [0, 0.05) is 19.8 Å². The summed E-state index contributed by atoms with van der Waals surface area (Å²) >= 11 is 0. The zero-order valence-electron chi connectivity index (χ0n) is 14.8. The van der Waals surface area contributed by atoms with Crippen molar-refractivity contribution >= 4 is 5.91 Å². The number of piperidine rings is 1. The number of carbonyl (C=O) groups excluding carboxylic acids is 1. The number of aryl methyl sites for hydroxylation is 1. The normalized spacial score (nSPS) is 21.1. The van der Waals surface area contributed by atoms with E-state index >= 15 is 0 Å². The summed E-state index contributed by atoms with van der Waals surface area (Å²) in [6.07, 6.45) is 6.92. The van der Waals surface area contributed by atoms with Gasteiger partial charge in [0.15, 0.2) is 0 Å². The van der Waals surface area contributed by atoms with Crippen LogP contribution in [0.4, 0.5) is 0 Å². The van der Waals surface area contributed by atoms with Crippen LogP contribution in [0, 0.1) is 5.92 Å². The van der Waals surface area contributed by atoms with Crippen LogP contribution >= 0.6 is 0 Å². The van der Waals surface area contributed by atoms with E-state index in [0.29, 0.717) is 18.3 Å². The summed E-state index contributed by atoms with van der Waals surface area (Å²) in [6, 6.07) is 2.28. The van der Waals surface area contributed by atoms with Gasteiger partial charge in [-0.3, -0.25) is 19.4 Å². The second-order valence-electron chi connectivity index (χ2n) is 6.36. The summed E-state index contributed by atoms with van der Waals surface area (Å²) in [5, 5.41) is 7.29. The Hall–Kier alpha value is -2.48. The number of nitrogens with one attached hydrogen (secondary N) is 1. The highest BCUT2D eigenvalue weighted by Crippen LogP contribution is 2.34. The lowest BCUT2D eigenvalue weighted by molar-refractivity contribution is 0.0874. The average Bonchev–Trinajstić information content (AvgIpc) is 3.05. The van der Waals surface area contributed by atoms with Crippen LogP contribution in [-0.4, -0.2) is 57.8 Å². The van der Waals surface area contributed by atoms with Crippen molar-refractivity contribution < 1.29 is 9.53 Å². The maximum atomic E-state index is 12.4. The molecule has 0 aliphatic carbocycles. The first-order chi connectivity index (χ1) is 12.1. The highest BCUT2D eigenvalue weighted by Gasteiger charge is 2.32. The molecule has 3 rings (SSSR count). The van der Waals surface area contributed by atoms with Crippen LogP contribution in [0.25, 0.3) is 0 Å². The lowest BCUT2D eigenvalue weighted by Gasteiger charge is -2.39. The van der Waals surface area contributed by atoms with E-state index in [1.807, 2.05) is 17.9 Å².